The van der Waals surface area contributed by atoms with Crippen LogP contribution in [-0.2, 0) is 0 Å². The zero-order valence-electron chi connectivity index (χ0n) is 11.9. The second kappa shape index (κ2) is 3.79. The Hall–Kier alpha value is 0. The van der Waals surface area contributed by atoms with E-state index in [1.54, 1.807) is 0 Å². The molecule has 0 aromatic rings. The average Bonchev–Trinajstić information content (AvgIpc) is 1.99. The van der Waals surface area contributed by atoms with Gasteiger partial charge < -0.3 is 0 Å². The van der Waals surface area contributed by atoms with Crippen molar-refractivity contribution in [2.45, 2.75) is 74.1 Å². The van der Waals surface area contributed by atoms with Gasteiger partial charge in [0.25, 0.3) is 0 Å². The van der Waals surface area contributed by atoms with Crippen LogP contribution >= 0.6 is 0 Å². The fourth-order valence-corrected chi connectivity index (χ4v) is 3.52. The SMILES string of the molecule is CCC1(C)CC(C(C)(C)C)CC(C)(C)C1. The van der Waals surface area contributed by atoms with Gasteiger partial charge in [-0.05, 0) is 41.4 Å². The molecule has 1 rings (SSSR count). The van der Waals surface area contributed by atoms with Gasteiger partial charge in [-0.2, -0.15) is 0 Å². The van der Waals surface area contributed by atoms with Crippen molar-refractivity contribution < 1.29 is 0 Å². The Morgan fingerprint density at radius 2 is 1.60 bits per heavy atom. The third-order valence-corrected chi connectivity index (χ3v) is 4.52. The van der Waals surface area contributed by atoms with E-state index in [0.717, 1.165) is 5.92 Å². The van der Waals surface area contributed by atoms with Gasteiger partial charge in [-0.1, -0.05) is 54.9 Å². The third kappa shape index (κ3) is 3.23. The molecule has 90 valence electrons. The Bertz CT molecular complexity index is 219. The lowest BCUT2D eigenvalue weighted by atomic mass is 9.55. The Morgan fingerprint density at radius 1 is 1.07 bits per heavy atom. The summed E-state index contributed by atoms with van der Waals surface area (Å²) in [6.07, 6.45) is 5.58. The van der Waals surface area contributed by atoms with Gasteiger partial charge in [-0.15, -0.1) is 0 Å². The minimum Gasteiger partial charge on any atom is -0.0649 e. The number of hydrogen-bond donors (Lipinski definition) is 0. The van der Waals surface area contributed by atoms with Crippen LogP contribution in [0.5, 0.6) is 0 Å². The van der Waals surface area contributed by atoms with Gasteiger partial charge in [0.1, 0.15) is 0 Å². The van der Waals surface area contributed by atoms with Gasteiger partial charge in [0.2, 0.25) is 0 Å². The second-order valence-electron chi connectivity index (χ2n) is 7.98. The van der Waals surface area contributed by atoms with Gasteiger partial charge in [0, 0.05) is 0 Å². The van der Waals surface area contributed by atoms with E-state index < -0.39 is 0 Å². The second-order valence-corrected chi connectivity index (χ2v) is 7.98. The molecule has 0 amide bonds. The van der Waals surface area contributed by atoms with Crippen molar-refractivity contribution >= 4 is 0 Å². The first-order chi connectivity index (χ1) is 6.58. The van der Waals surface area contributed by atoms with Crippen molar-refractivity contribution in [3.63, 3.8) is 0 Å². The largest absolute Gasteiger partial charge is 0.0649 e. The molecule has 1 aliphatic rings. The molecule has 1 aliphatic carbocycles. The van der Waals surface area contributed by atoms with Crippen molar-refractivity contribution in [2.24, 2.45) is 22.2 Å². The Balaban J connectivity index is 2.87. The summed E-state index contributed by atoms with van der Waals surface area (Å²) in [6.45, 7) is 17.0. The number of rotatable bonds is 1. The van der Waals surface area contributed by atoms with Crippen LogP contribution in [0.25, 0.3) is 0 Å². The lowest BCUT2D eigenvalue weighted by molar-refractivity contribution is 0.00424. The molecule has 0 saturated heterocycles. The van der Waals surface area contributed by atoms with E-state index in [0.29, 0.717) is 16.2 Å². The maximum absolute atomic E-state index is 2.49. The standard InChI is InChI=1S/C15H30/c1-8-15(7)10-12(13(2,3)4)9-14(5,6)11-15/h12H,8-11H2,1-7H3. The predicted octanol–water partition coefficient (Wildman–Crippen LogP) is 5.28. The zero-order chi connectivity index (χ0) is 11.9. The molecule has 1 saturated carbocycles. The molecule has 1 fully saturated rings. The van der Waals surface area contributed by atoms with Crippen molar-refractivity contribution in [1.82, 2.24) is 0 Å². The smallest absolute Gasteiger partial charge is 0.0321 e. The van der Waals surface area contributed by atoms with Gasteiger partial charge in [-0.25, -0.2) is 0 Å². The van der Waals surface area contributed by atoms with Crippen molar-refractivity contribution in [3.05, 3.63) is 0 Å². The molecular weight excluding hydrogens is 180 g/mol. The van der Waals surface area contributed by atoms with E-state index in [-0.39, 0.29) is 0 Å². The molecule has 2 unspecified atom stereocenters. The van der Waals surface area contributed by atoms with Crippen molar-refractivity contribution in [2.75, 3.05) is 0 Å². The highest BCUT2D eigenvalue weighted by molar-refractivity contribution is 4.94. The lowest BCUT2D eigenvalue weighted by Crippen LogP contribution is -2.40. The monoisotopic (exact) mass is 210 g/mol. The highest BCUT2D eigenvalue weighted by Crippen LogP contribution is 2.54. The Morgan fingerprint density at radius 3 is 2.00 bits per heavy atom. The minimum atomic E-state index is 0.480. The van der Waals surface area contributed by atoms with E-state index >= 15 is 0 Å². The van der Waals surface area contributed by atoms with E-state index in [4.69, 9.17) is 0 Å². The van der Waals surface area contributed by atoms with Crippen molar-refractivity contribution in [1.29, 1.82) is 0 Å². The lowest BCUT2D eigenvalue weighted by Gasteiger charge is -2.50. The molecule has 0 heteroatoms. The summed E-state index contributed by atoms with van der Waals surface area (Å²) in [6, 6.07) is 0. The summed E-state index contributed by atoms with van der Waals surface area (Å²) >= 11 is 0. The molecule has 0 N–H and O–H groups in total. The molecule has 0 nitrogen and oxygen atoms in total. The third-order valence-electron chi connectivity index (χ3n) is 4.52. The molecule has 15 heavy (non-hydrogen) atoms. The molecule has 0 radical (unpaired) electrons. The van der Waals surface area contributed by atoms with E-state index in [2.05, 4.69) is 48.5 Å². The quantitative estimate of drug-likeness (QED) is 0.552. The van der Waals surface area contributed by atoms with Crippen LogP contribution in [0.1, 0.15) is 74.1 Å². The topological polar surface area (TPSA) is 0 Å². The maximum Gasteiger partial charge on any atom is -0.0321 e. The predicted molar refractivity (Wildman–Crippen MR) is 69.0 cm³/mol. The normalized spacial score (nSPS) is 36.6. The zero-order valence-corrected chi connectivity index (χ0v) is 11.9. The van der Waals surface area contributed by atoms with Gasteiger partial charge in [0.05, 0.1) is 0 Å². The molecule has 0 aliphatic heterocycles. The Labute approximate surface area is 96.8 Å². The van der Waals surface area contributed by atoms with Crippen molar-refractivity contribution in [3.8, 4) is 0 Å². The fourth-order valence-electron chi connectivity index (χ4n) is 3.52. The number of hydrogen-bond acceptors (Lipinski definition) is 0. The molecule has 2 atom stereocenters. The van der Waals surface area contributed by atoms with Crippen LogP contribution in [0.2, 0.25) is 0 Å². The van der Waals surface area contributed by atoms with Gasteiger partial charge in [-0.3, -0.25) is 0 Å². The van der Waals surface area contributed by atoms with Crippen LogP contribution in [-0.4, -0.2) is 0 Å². The van der Waals surface area contributed by atoms with Gasteiger partial charge in [0.15, 0.2) is 0 Å². The summed E-state index contributed by atoms with van der Waals surface area (Å²) in [5, 5.41) is 0. The molecule has 0 spiro atoms. The van der Waals surface area contributed by atoms with Crippen LogP contribution < -0.4 is 0 Å². The first-order valence-corrected chi connectivity index (χ1v) is 6.58. The first kappa shape index (κ1) is 13.1. The first-order valence-electron chi connectivity index (χ1n) is 6.58. The summed E-state index contributed by atoms with van der Waals surface area (Å²) < 4.78 is 0. The Kier molecular flexibility index (Phi) is 3.30. The van der Waals surface area contributed by atoms with Crippen LogP contribution in [0.4, 0.5) is 0 Å². The fraction of sp³-hybridized carbons (Fsp3) is 1.00. The molecular formula is C15H30. The van der Waals surface area contributed by atoms with E-state index in [1.807, 2.05) is 0 Å². The summed E-state index contributed by atoms with van der Waals surface area (Å²) in [5.74, 6) is 0.895. The highest BCUT2D eigenvalue weighted by atomic mass is 14.5. The summed E-state index contributed by atoms with van der Waals surface area (Å²) in [5.41, 5.74) is 1.61. The van der Waals surface area contributed by atoms with E-state index in [9.17, 15) is 0 Å². The van der Waals surface area contributed by atoms with Crippen LogP contribution in [0.15, 0.2) is 0 Å². The summed E-state index contributed by atoms with van der Waals surface area (Å²) in [7, 11) is 0. The van der Waals surface area contributed by atoms with E-state index in [1.165, 1.54) is 25.7 Å². The van der Waals surface area contributed by atoms with Crippen LogP contribution in [0, 0.1) is 22.2 Å². The summed E-state index contributed by atoms with van der Waals surface area (Å²) in [4.78, 5) is 0. The maximum atomic E-state index is 2.49. The molecule has 0 bridgehead atoms. The minimum absolute atomic E-state index is 0.480. The highest BCUT2D eigenvalue weighted by Gasteiger charge is 2.43. The molecule has 0 aromatic heterocycles. The molecule has 0 heterocycles. The van der Waals surface area contributed by atoms with Gasteiger partial charge >= 0.3 is 0 Å². The van der Waals surface area contributed by atoms with Crippen LogP contribution in [0.3, 0.4) is 0 Å². The molecule has 0 aromatic carbocycles. The average molecular weight is 210 g/mol.